The maximum atomic E-state index is 13.9. The van der Waals surface area contributed by atoms with E-state index in [0.717, 1.165) is 20.3 Å². The molecule has 0 spiro atoms. The Morgan fingerprint density at radius 3 is 1.92 bits per heavy atom. The summed E-state index contributed by atoms with van der Waals surface area (Å²) in [5, 5.41) is 11.4. The molecule has 0 amide bonds. The van der Waals surface area contributed by atoms with Crippen molar-refractivity contribution in [3.8, 4) is 17.5 Å². The normalized spacial score (nSPS) is 13.8. The number of hydrogen-bond donors (Lipinski definition) is 3. The lowest BCUT2D eigenvalue weighted by Crippen LogP contribution is -2.41. The molecule has 3 heterocycles. The molecule has 0 saturated carbocycles. The number of hydrogen-bond acceptors (Lipinski definition) is 6. The van der Waals surface area contributed by atoms with Crippen LogP contribution in [0.1, 0.15) is 33.7 Å². The van der Waals surface area contributed by atoms with Gasteiger partial charge in [-0.1, -0.05) is 78.9 Å². The van der Waals surface area contributed by atoms with E-state index in [2.05, 4.69) is 9.97 Å². The molecular weight excluding hydrogens is 500 g/mol. The van der Waals surface area contributed by atoms with E-state index >= 15 is 0 Å². The van der Waals surface area contributed by atoms with E-state index in [4.69, 9.17) is 4.74 Å². The van der Waals surface area contributed by atoms with E-state index in [9.17, 15) is 24.3 Å². The number of nitrogens with one attached hydrogen (secondary N) is 2. The average Bonchev–Trinajstić information content (AvgIpc) is 2.94. The first-order valence-corrected chi connectivity index (χ1v) is 12.2. The summed E-state index contributed by atoms with van der Waals surface area (Å²) < 4.78 is 7.95. The third-order valence-corrected chi connectivity index (χ3v) is 6.78. The van der Waals surface area contributed by atoms with Crippen LogP contribution in [-0.4, -0.2) is 24.2 Å². The smallest absolute Gasteiger partial charge is 0.331 e. The molecule has 39 heavy (non-hydrogen) atoms. The Bertz CT molecular complexity index is 1940. The Labute approximate surface area is 220 Å². The predicted molar refractivity (Wildman–Crippen MR) is 143 cm³/mol. The third-order valence-electron chi connectivity index (χ3n) is 6.78. The number of aromatic nitrogens is 4. The van der Waals surface area contributed by atoms with Gasteiger partial charge in [0.1, 0.15) is 5.75 Å². The van der Waals surface area contributed by atoms with Crippen LogP contribution in [-0.2, 0) is 13.1 Å². The first-order valence-electron chi connectivity index (χ1n) is 12.2. The molecule has 10 nitrogen and oxygen atoms in total. The summed E-state index contributed by atoms with van der Waals surface area (Å²) in [5.41, 5.74) is -1.40. The Balaban J connectivity index is 1.60. The molecule has 1 aliphatic rings. The first-order chi connectivity index (χ1) is 18.9. The average molecular weight is 523 g/mol. The lowest BCUT2D eigenvalue weighted by molar-refractivity contribution is 0.391. The minimum absolute atomic E-state index is 0.0170. The highest BCUT2D eigenvalue weighted by Crippen LogP contribution is 2.45. The molecule has 0 radical (unpaired) electrons. The van der Waals surface area contributed by atoms with Crippen LogP contribution in [0.25, 0.3) is 0 Å². The van der Waals surface area contributed by atoms with E-state index in [-0.39, 0.29) is 30.1 Å². The minimum atomic E-state index is -1.14. The van der Waals surface area contributed by atoms with Crippen molar-refractivity contribution in [2.24, 2.45) is 0 Å². The van der Waals surface area contributed by atoms with E-state index in [0.29, 0.717) is 11.3 Å². The second kappa shape index (κ2) is 9.49. The van der Waals surface area contributed by atoms with Gasteiger partial charge in [-0.3, -0.25) is 28.7 Å². The molecule has 10 heteroatoms. The summed E-state index contributed by atoms with van der Waals surface area (Å²) in [7, 11) is 0. The molecule has 1 atom stereocenters. The second-order valence-electron chi connectivity index (χ2n) is 9.19. The number of nitrogens with zero attached hydrogens (tertiary/aromatic N) is 2. The Morgan fingerprint density at radius 1 is 0.692 bits per heavy atom. The quantitative estimate of drug-likeness (QED) is 0.318. The molecular formula is C29H22N4O6. The first kappa shape index (κ1) is 24.0. The summed E-state index contributed by atoms with van der Waals surface area (Å²) in [4.78, 5) is 57.8. The molecule has 5 aromatic rings. The maximum absolute atomic E-state index is 13.9. The SMILES string of the molecule is O=c1[nH]c(=O)n(Cc2ccccc2)c(O)c1[C@H]1c2ccccc2Oc2[nH]c(=O)n(Cc3ccccc3)c(=O)c21. The fourth-order valence-corrected chi connectivity index (χ4v) is 4.94. The van der Waals surface area contributed by atoms with Crippen LogP contribution in [0.2, 0.25) is 0 Å². The summed E-state index contributed by atoms with van der Waals surface area (Å²) >= 11 is 0. The molecule has 0 aliphatic carbocycles. The summed E-state index contributed by atoms with van der Waals surface area (Å²) in [6.45, 7) is -0.0383. The van der Waals surface area contributed by atoms with Gasteiger partial charge in [0.05, 0.1) is 30.1 Å². The van der Waals surface area contributed by atoms with Crippen molar-refractivity contribution in [2.45, 2.75) is 19.0 Å². The zero-order valence-corrected chi connectivity index (χ0v) is 20.5. The number of fused-ring (bicyclic) bond motifs is 2. The predicted octanol–water partition coefficient (Wildman–Crippen LogP) is 2.47. The van der Waals surface area contributed by atoms with Crippen molar-refractivity contribution in [3.05, 3.63) is 154 Å². The molecule has 1 aliphatic heterocycles. The maximum Gasteiger partial charge on any atom is 0.331 e. The zero-order chi connectivity index (χ0) is 27.1. The number of para-hydroxylation sites is 1. The van der Waals surface area contributed by atoms with E-state index < -0.39 is 34.3 Å². The number of ether oxygens (including phenoxy) is 1. The number of H-pyrrole nitrogens is 2. The lowest BCUT2D eigenvalue weighted by atomic mass is 9.84. The van der Waals surface area contributed by atoms with Crippen molar-refractivity contribution in [2.75, 3.05) is 0 Å². The second-order valence-corrected chi connectivity index (χ2v) is 9.19. The van der Waals surface area contributed by atoms with Crippen molar-refractivity contribution in [1.29, 1.82) is 0 Å². The van der Waals surface area contributed by atoms with E-state index in [1.54, 1.807) is 72.8 Å². The number of aromatic hydroxyl groups is 1. The van der Waals surface area contributed by atoms with Gasteiger partial charge in [-0.25, -0.2) is 9.59 Å². The molecule has 6 rings (SSSR count). The third kappa shape index (κ3) is 4.17. The van der Waals surface area contributed by atoms with Gasteiger partial charge in [0.15, 0.2) is 0 Å². The van der Waals surface area contributed by atoms with Crippen LogP contribution < -0.4 is 27.2 Å². The molecule has 2 aromatic heterocycles. The molecule has 3 aromatic carbocycles. The summed E-state index contributed by atoms with van der Waals surface area (Å²) in [5.74, 6) is -1.55. The van der Waals surface area contributed by atoms with Gasteiger partial charge in [0, 0.05) is 5.56 Å². The van der Waals surface area contributed by atoms with Gasteiger partial charge in [-0.15, -0.1) is 0 Å². The van der Waals surface area contributed by atoms with Crippen LogP contribution in [0.15, 0.2) is 104 Å². The lowest BCUT2D eigenvalue weighted by Gasteiger charge is -2.28. The summed E-state index contributed by atoms with van der Waals surface area (Å²) in [6.07, 6.45) is 0. The fourth-order valence-electron chi connectivity index (χ4n) is 4.94. The molecule has 3 N–H and O–H groups in total. The van der Waals surface area contributed by atoms with Crippen LogP contribution in [0.3, 0.4) is 0 Å². The van der Waals surface area contributed by atoms with E-state index in [1.807, 2.05) is 12.1 Å². The highest BCUT2D eigenvalue weighted by Gasteiger charge is 2.37. The fraction of sp³-hybridized carbons (Fsp3) is 0.103. The monoisotopic (exact) mass is 522 g/mol. The largest absolute Gasteiger partial charge is 0.494 e. The highest BCUT2D eigenvalue weighted by atomic mass is 16.5. The summed E-state index contributed by atoms with van der Waals surface area (Å²) in [6, 6.07) is 24.7. The number of benzene rings is 3. The topological polar surface area (TPSA) is 139 Å². The van der Waals surface area contributed by atoms with Gasteiger partial charge in [-0.05, 0) is 17.2 Å². The van der Waals surface area contributed by atoms with Crippen molar-refractivity contribution in [1.82, 2.24) is 19.1 Å². The van der Waals surface area contributed by atoms with Crippen LogP contribution >= 0.6 is 0 Å². The standard InChI is InChI=1S/C29H22N4O6/c34-24-22(26(35)32(28(37)30-24)15-17-9-3-1-4-10-17)21-19-13-7-8-14-20(19)39-25-23(21)27(36)33(29(38)31-25)16-18-11-5-2-6-12-18/h1-14,21,35H,15-16H2,(H,31,38)(H,30,34,37)/t21-/m1/s1. The Kier molecular flexibility index (Phi) is 5.84. The molecule has 0 bridgehead atoms. The van der Waals surface area contributed by atoms with Gasteiger partial charge in [-0.2, -0.15) is 0 Å². The van der Waals surface area contributed by atoms with Crippen LogP contribution in [0, 0.1) is 0 Å². The zero-order valence-electron chi connectivity index (χ0n) is 20.5. The van der Waals surface area contributed by atoms with E-state index in [1.165, 1.54) is 0 Å². The Morgan fingerprint density at radius 2 is 1.26 bits per heavy atom. The van der Waals surface area contributed by atoms with Gasteiger partial charge in [0.25, 0.3) is 11.1 Å². The minimum Gasteiger partial charge on any atom is -0.494 e. The van der Waals surface area contributed by atoms with Crippen molar-refractivity contribution in [3.63, 3.8) is 0 Å². The molecule has 0 fully saturated rings. The van der Waals surface area contributed by atoms with Crippen LogP contribution in [0.4, 0.5) is 0 Å². The Hall–Kier alpha value is -5.38. The number of aromatic amines is 2. The highest BCUT2D eigenvalue weighted by molar-refractivity contribution is 5.57. The number of rotatable bonds is 5. The van der Waals surface area contributed by atoms with Crippen LogP contribution in [0.5, 0.6) is 17.5 Å². The van der Waals surface area contributed by atoms with Crippen molar-refractivity contribution >= 4 is 0 Å². The van der Waals surface area contributed by atoms with Crippen molar-refractivity contribution < 1.29 is 9.84 Å². The molecule has 0 unspecified atom stereocenters. The van der Waals surface area contributed by atoms with Gasteiger partial charge < -0.3 is 9.84 Å². The molecule has 0 saturated heterocycles. The van der Waals surface area contributed by atoms with Gasteiger partial charge in [0.2, 0.25) is 11.8 Å². The molecule has 194 valence electrons. The van der Waals surface area contributed by atoms with Gasteiger partial charge >= 0.3 is 11.4 Å².